The van der Waals surface area contributed by atoms with Crippen LogP contribution in [0.25, 0.3) is 0 Å². The zero-order chi connectivity index (χ0) is 21.1. The zero-order valence-electron chi connectivity index (χ0n) is 17.5. The molecular formula is C23H28N2O4S. The Kier molecular flexibility index (Phi) is 6.39. The molecule has 2 heterocycles. The van der Waals surface area contributed by atoms with Crippen molar-refractivity contribution in [1.29, 1.82) is 0 Å². The van der Waals surface area contributed by atoms with Gasteiger partial charge in [-0.1, -0.05) is 12.1 Å². The number of nitrogens with one attached hydrogen (secondary N) is 2. The van der Waals surface area contributed by atoms with Crippen molar-refractivity contribution in [1.82, 2.24) is 5.32 Å². The van der Waals surface area contributed by atoms with E-state index < -0.39 is 0 Å². The van der Waals surface area contributed by atoms with Crippen molar-refractivity contribution in [3.8, 4) is 5.75 Å². The van der Waals surface area contributed by atoms with Crippen molar-refractivity contribution < 1.29 is 19.1 Å². The number of hydrogen-bond acceptors (Lipinski definition) is 5. The molecule has 7 heteroatoms. The van der Waals surface area contributed by atoms with Crippen LogP contribution in [0.1, 0.15) is 51.2 Å². The Labute approximate surface area is 181 Å². The predicted octanol–water partition coefficient (Wildman–Crippen LogP) is 3.78. The van der Waals surface area contributed by atoms with Crippen LogP contribution in [0.3, 0.4) is 0 Å². The molecular weight excluding hydrogens is 400 g/mol. The van der Waals surface area contributed by atoms with Gasteiger partial charge in [0.2, 0.25) is 0 Å². The highest BCUT2D eigenvalue weighted by Gasteiger charge is 2.28. The van der Waals surface area contributed by atoms with E-state index in [4.69, 9.17) is 9.47 Å². The standard InChI is InChI=1S/C23H28N2O4S/c1-14-6-3-9-18(15(14)2)29-13-20(26)25-23-21(17-8-4-10-19(17)30-23)22(27)24-12-16-7-5-11-28-16/h3,6,9,16H,4-5,7-8,10-13H2,1-2H3,(H,24,27)(H,25,26)/t16-/m0/s1. The largest absolute Gasteiger partial charge is 0.483 e. The Balaban J connectivity index is 1.42. The monoisotopic (exact) mass is 428 g/mol. The molecule has 30 heavy (non-hydrogen) atoms. The summed E-state index contributed by atoms with van der Waals surface area (Å²) in [6.45, 7) is 5.16. The fourth-order valence-corrected chi connectivity index (χ4v) is 5.32. The Bertz CT molecular complexity index is 947. The normalized spacial score (nSPS) is 17.6. The maximum atomic E-state index is 12.9. The van der Waals surface area contributed by atoms with Crippen molar-refractivity contribution in [2.24, 2.45) is 0 Å². The van der Waals surface area contributed by atoms with Gasteiger partial charge in [0.1, 0.15) is 10.8 Å². The highest BCUT2D eigenvalue weighted by Crippen LogP contribution is 2.39. The average molecular weight is 429 g/mol. The van der Waals surface area contributed by atoms with E-state index in [2.05, 4.69) is 10.6 Å². The first-order valence-electron chi connectivity index (χ1n) is 10.6. The number of ether oxygens (including phenoxy) is 2. The van der Waals surface area contributed by atoms with Crippen LogP contribution < -0.4 is 15.4 Å². The molecule has 1 fully saturated rings. The molecule has 2 aliphatic rings. The van der Waals surface area contributed by atoms with E-state index in [1.807, 2.05) is 32.0 Å². The first-order valence-corrected chi connectivity index (χ1v) is 11.4. The Morgan fingerprint density at radius 3 is 2.90 bits per heavy atom. The second kappa shape index (κ2) is 9.18. The molecule has 1 aliphatic carbocycles. The van der Waals surface area contributed by atoms with Gasteiger partial charge in [0.15, 0.2) is 6.61 Å². The topological polar surface area (TPSA) is 76.7 Å². The summed E-state index contributed by atoms with van der Waals surface area (Å²) in [4.78, 5) is 26.7. The van der Waals surface area contributed by atoms with Crippen molar-refractivity contribution in [3.05, 3.63) is 45.3 Å². The maximum absolute atomic E-state index is 12.9. The molecule has 1 aromatic heterocycles. The fraction of sp³-hybridized carbons (Fsp3) is 0.478. The van der Waals surface area contributed by atoms with Gasteiger partial charge in [-0.05, 0) is 68.7 Å². The molecule has 0 spiro atoms. The maximum Gasteiger partial charge on any atom is 0.262 e. The van der Waals surface area contributed by atoms with E-state index in [1.165, 1.54) is 16.2 Å². The number of benzene rings is 1. The van der Waals surface area contributed by atoms with Gasteiger partial charge < -0.3 is 20.1 Å². The molecule has 160 valence electrons. The molecule has 1 atom stereocenters. The second-order valence-electron chi connectivity index (χ2n) is 7.94. The van der Waals surface area contributed by atoms with Crippen LogP contribution in [-0.2, 0) is 22.4 Å². The van der Waals surface area contributed by atoms with Crippen molar-refractivity contribution in [2.75, 3.05) is 25.1 Å². The Morgan fingerprint density at radius 2 is 2.10 bits per heavy atom. The number of amides is 2. The van der Waals surface area contributed by atoms with E-state index in [9.17, 15) is 9.59 Å². The first-order chi connectivity index (χ1) is 14.5. The van der Waals surface area contributed by atoms with Crippen LogP contribution >= 0.6 is 11.3 Å². The number of thiophene rings is 1. The van der Waals surface area contributed by atoms with Crippen molar-refractivity contribution >= 4 is 28.2 Å². The number of anilines is 1. The zero-order valence-corrected chi connectivity index (χ0v) is 18.3. The summed E-state index contributed by atoms with van der Waals surface area (Å²) in [6.07, 6.45) is 4.99. The van der Waals surface area contributed by atoms with Gasteiger partial charge in [0, 0.05) is 18.0 Å². The van der Waals surface area contributed by atoms with Crippen LogP contribution in [-0.4, -0.2) is 37.7 Å². The molecule has 4 rings (SSSR count). The molecule has 1 saturated heterocycles. The number of fused-ring (bicyclic) bond motifs is 1. The number of rotatable bonds is 7. The summed E-state index contributed by atoms with van der Waals surface area (Å²) >= 11 is 1.51. The lowest BCUT2D eigenvalue weighted by Crippen LogP contribution is -2.32. The van der Waals surface area contributed by atoms with Crippen LogP contribution in [0.5, 0.6) is 5.75 Å². The van der Waals surface area contributed by atoms with E-state index in [0.29, 0.717) is 22.9 Å². The molecule has 1 aromatic carbocycles. The van der Waals surface area contributed by atoms with Gasteiger partial charge in [0.25, 0.3) is 11.8 Å². The number of hydrogen-bond donors (Lipinski definition) is 2. The Hall–Kier alpha value is -2.38. The van der Waals surface area contributed by atoms with E-state index >= 15 is 0 Å². The fourth-order valence-electron chi connectivity index (χ4n) is 4.02. The van der Waals surface area contributed by atoms with Gasteiger partial charge in [0.05, 0.1) is 11.7 Å². The first kappa shape index (κ1) is 20.9. The third-order valence-corrected chi connectivity index (χ3v) is 7.04. The van der Waals surface area contributed by atoms with Crippen molar-refractivity contribution in [3.63, 3.8) is 0 Å². The van der Waals surface area contributed by atoms with Gasteiger partial charge in [-0.3, -0.25) is 9.59 Å². The number of aryl methyl sites for hydroxylation is 2. The third-order valence-electron chi connectivity index (χ3n) is 5.83. The lowest BCUT2D eigenvalue weighted by atomic mass is 10.1. The van der Waals surface area contributed by atoms with Crippen LogP contribution in [0, 0.1) is 13.8 Å². The molecule has 2 aromatic rings. The minimum absolute atomic E-state index is 0.0876. The third kappa shape index (κ3) is 4.52. The Morgan fingerprint density at radius 1 is 1.23 bits per heavy atom. The van der Waals surface area contributed by atoms with Gasteiger partial charge in [-0.2, -0.15) is 0 Å². The lowest BCUT2D eigenvalue weighted by molar-refractivity contribution is -0.118. The van der Waals surface area contributed by atoms with Gasteiger partial charge in [-0.25, -0.2) is 0 Å². The minimum Gasteiger partial charge on any atom is -0.483 e. The van der Waals surface area contributed by atoms with E-state index in [0.717, 1.165) is 55.4 Å². The highest BCUT2D eigenvalue weighted by atomic mass is 32.1. The predicted molar refractivity (Wildman–Crippen MR) is 118 cm³/mol. The lowest BCUT2D eigenvalue weighted by Gasteiger charge is -2.13. The molecule has 2 N–H and O–H groups in total. The average Bonchev–Trinajstić information content (AvgIpc) is 3.45. The molecule has 2 amide bonds. The summed E-state index contributed by atoms with van der Waals surface area (Å²) < 4.78 is 11.3. The van der Waals surface area contributed by atoms with Crippen LogP contribution in [0.4, 0.5) is 5.00 Å². The number of carbonyl (C=O) groups excluding carboxylic acids is 2. The summed E-state index contributed by atoms with van der Waals surface area (Å²) in [5.74, 6) is 0.313. The van der Waals surface area contributed by atoms with Crippen molar-refractivity contribution in [2.45, 2.75) is 52.1 Å². The summed E-state index contributed by atoms with van der Waals surface area (Å²) in [5.41, 5.74) is 3.84. The SMILES string of the molecule is Cc1cccc(OCC(=O)Nc2sc3c(c2C(=O)NC[C@@H]2CCCO2)CCC3)c1C. The van der Waals surface area contributed by atoms with Crippen LogP contribution in [0.15, 0.2) is 18.2 Å². The van der Waals surface area contributed by atoms with E-state index in [-0.39, 0.29) is 24.5 Å². The van der Waals surface area contributed by atoms with Crippen LogP contribution in [0.2, 0.25) is 0 Å². The molecule has 1 aliphatic heterocycles. The minimum atomic E-state index is -0.260. The molecule has 0 bridgehead atoms. The van der Waals surface area contributed by atoms with Gasteiger partial charge >= 0.3 is 0 Å². The second-order valence-corrected chi connectivity index (χ2v) is 9.05. The summed E-state index contributed by atoms with van der Waals surface area (Å²) in [5, 5.41) is 6.54. The van der Waals surface area contributed by atoms with E-state index in [1.54, 1.807) is 0 Å². The highest BCUT2D eigenvalue weighted by molar-refractivity contribution is 7.17. The summed E-state index contributed by atoms with van der Waals surface area (Å²) in [6, 6.07) is 5.78. The molecule has 0 unspecified atom stereocenters. The molecule has 6 nitrogen and oxygen atoms in total. The van der Waals surface area contributed by atoms with Gasteiger partial charge in [-0.15, -0.1) is 11.3 Å². The molecule has 0 radical (unpaired) electrons. The quantitative estimate of drug-likeness (QED) is 0.704. The number of carbonyl (C=O) groups is 2. The summed E-state index contributed by atoms with van der Waals surface area (Å²) in [7, 11) is 0. The molecule has 0 saturated carbocycles. The smallest absolute Gasteiger partial charge is 0.262 e.